The monoisotopic (exact) mass is 200 g/mol. The minimum absolute atomic E-state index is 0.514. The molecule has 1 aromatic rings. The van der Waals surface area contributed by atoms with Crippen molar-refractivity contribution in [2.24, 2.45) is 7.05 Å². The molecule has 0 bridgehead atoms. The molecule has 0 amide bonds. The van der Waals surface area contributed by atoms with Crippen molar-refractivity contribution < 1.29 is 9.90 Å². The van der Waals surface area contributed by atoms with E-state index in [9.17, 15) is 9.90 Å². The van der Waals surface area contributed by atoms with Crippen LogP contribution in [0.25, 0.3) is 0 Å². The Morgan fingerprint density at radius 3 is 2.92 bits per heavy atom. The van der Waals surface area contributed by atoms with Crippen LogP contribution in [0.4, 0.5) is 0 Å². The van der Waals surface area contributed by atoms with E-state index in [1.54, 1.807) is 18.5 Å². The van der Waals surface area contributed by atoms with E-state index < -0.39 is 11.2 Å². The Morgan fingerprint density at radius 2 is 2.54 bits per heavy atom. The van der Waals surface area contributed by atoms with Gasteiger partial charge in [0, 0.05) is 7.05 Å². The normalized spacial score (nSPS) is 12.8. The van der Waals surface area contributed by atoms with Gasteiger partial charge < -0.3 is 14.5 Å². The summed E-state index contributed by atoms with van der Waals surface area (Å²) in [5.41, 5.74) is 0. The summed E-state index contributed by atoms with van der Waals surface area (Å²) in [6, 6.07) is 0. The molecule has 0 aromatic carbocycles. The van der Waals surface area contributed by atoms with Crippen LogP contribution in [0, 0.1) is 0 Å². The zero-order chi connectivity index (χ0) is 9.84. The Morgan fingerprint density at radius 1 is 1.85 bits per heavy atom. The van der Waals surface area contributed by atoms with Crippen molar-refractivity contribution in [3.63, 3.8) is 0 Å². The third-order valence-corrected chi connectivity index (χ3v) is 2.94. The molecule has 1 heterocycles. The minimum atomic E-state index is -1.06. The summed E-state index contributed by atoms with van der Waals surface area (Å²) in [6.45, 7) is 1.80. The number of carboxylic acid groups (broad SMARTS) is 1. The van der Waals surface area contributed by atoms with E-state index in [1.165, 1.54) is 6.33 Å². The molecule has 0 saturated carbocycles. The zero-order valence-electron chi connectivity index (χ0n) is 7.43. The Bertz CT molecular complexity index is 300. The van der Waals surface area contributed by atoms with Crippen molar-refractivity contribution in [3.8, 4) is 0 Å². The van der Waals surface area contributed by atoms with Gasteiger partial charge in [0.25, 0.3) is 0 Å². The average molecular weight is 200 g/mol. The first-order valence-corrected chi connectivity index (χ1v) is 4.74. The number of aliphatic carboxylic acids is 1. The lowest BCUT2D eigenvalue weighted by Crippen LogP contribution is -2.33. The van der Waals surface area contributed by atoms with Gasteiger partial charge in [-0.1, -0.05) is 18.7 Å². The number of aryl methyl sites for hydroxylation is 1. The Kier molecular flexibility index (Phi) is 3.30. The van der Waals surface area contributed by atoms with E-state index in [4.69, 9.17) is 0 Å². The number of nitrogens with zero attached hydrogens (tertiary/aromatic N) is 3. The SMILES string of the molecule is CC[C@@H](Sc1nncn1C)C(=O)[O-]. The number of carbonyl (C=O) groups excluding carboxylic acids is 1. The van der Waals surface area contributed by atoms with Crippen molar-refractivity contribution in [1.29, 1.82) is 0 Å². The number of rotatable bonds is 4. The van der Waals surface area contributed by atoms with Crippen LogP contribution in [0.3, 0.4) is 0 Å². The lowest BCUT2D eigenvalue weighted by Gasteiger charge is -2.13. The lowest BCUT2D eigenvalue weighted by molar-refractivity contribution is -0.304. The predicted octanol–water partition coefficient (Wildman–Crippen LogP) is -0.564. The molecule has 1 aromatic heterocycles. The van der Waals surface area contributed by atoms with E-state index in [0.717, 1.165) is 11.8 Å². The van der Waals surface area contributed by atoms with E-state index in [-0.39, 0.29) is 0 Å². The minimum Gasteiger partial charge on any atom is -0.549 e. The molecule has 6 heteroatoms. The Balaban J connectivity index is 2.67. The molecule has 0 unspecified atom stereocenters. The van der Waals surface area contributed by atoms with Crippen LogP contribution in [0.5, 0.6) is 0 Å². The van der Waals surface area contributed by atoms with E-state index in [2.05, 4.69) is 10.2 Å². The molecule has 0 aliphatic rings. The maximum Gasteiger partial charge on any atom is 0.191 e. The zero-order valence-corrected chi connectivity index (χ0v) is 8.24. The van der Waals surface area contributed by atoms with Crippen LogP contribution in [-0.4, -0.2) is 26.0 Å². The standard InChI is InChI=1S/C7H11N3O2S/c1-3-5(6(11)12)13-7-9-8-4-10(7)2/h4-5H,3H2,1-2H3,(H,11,12)/p-1/t5-/m1/s1. The van der Waals surface area contributed by atoms with Gasteiger partial charge in [-0.15, -0.1) is 10.2 Å². The fourth-order valence-electron chi connectivity index (χ4n) is 0.805. The van der Waals surface area contributed by atoms with Gasteiger partial charge in [0.2, 0.25) is 0 Å². The van der Waals surface area contributed by atoms with Crippen molar-refractivity contribution in [3.05, 3.63) is 6.33 Å². The van der Waals surface area contributed by atoms with Gasteiger partial charge in [-0.05, 0) is 6.42 Å². The Labute approximate surface area is 80.2 Å². The summed E-state index contributed by atoms with van der Waals surface area (Å²) >= 11 is 1.16. The third-order valence-electron chi connectivity index (χ3n) is 1.55. The van der Waals surface area contributed by atoms with Crippen molar-refractivity contribution >= 4 is 17.7 Å². The van der Waals surface area contributed by atoms with Crippen molar-refractivity contribution in [2.75, 3.05) is 0 Å². The molecule has 13 heavy (non-hydrogen) atoms. The number of carboxylic acids is 1. The summed E-state index contributed by atoms with van der Waals surface area (Å²) in [5, 5.41) is 18.0. The quantitative estimate of drug-likeness (QED) is 0.609. The van der Waals surface area contributed by atoms with Crippen LogP contribution < -0.4 is 5.11 Å². The van der Waals surface area contributed by atoms with Gasteiger partial charge in [0.05, 0.1) is 11.2 Å². The van der Waals surface area contributed by atoms with E-state index >= 15 is 0 Å². The van der Waals surface area contributed by atoms with Gasteiger partial charge in [0.15, 0.2) is 5.16 Å². The molecular weight excluding hydrogens is 190 g/mol. The number of hydrogen-bond donors (Lipinski definition) is 0. The summed E-state index contributed by atoms with van der Waals surface area (Å²) in [4.78, 5) is 10.6. The lowest BCUT2D eigenvalue weighted by atomic mass is 10.3. The molecule has 0 fully saturated rings. The molecule has 0 spiro atoms. The van der Waals surface area contributed by atoms with Crippen molar-refractivity contribution in [1.82, 2.24) is 14.8 Å². The highest BCUT2D eigenvalue weighted by Gasteiger charge is 2.12. The molecule has 0 saturated heterocycles. The maximum atomic E-state index is 10.6. The molecular formula is C7H10N3O2S-. The van der Waals surface area contributed by atoms with Gasteiger partial charge in [-0.3, -0.25) is 0 Å². The molecule has 0 radical (unpaired) electrons. The highest BCUT2D eigenvalue weighted by molar-refractivity contribution is 8.00. The van der Waals surface area contributed by atoms with Gasteiger partial charge in [0.1, 0.15) is 6.33 Å². The van der Waals surface area contributed by atoms with Gasteiger partial charge in [-0.25, -0.2) is 0 Å². The molecule has 1 atom stereocenters. The highest BCUT2D eigenvalue weighted by Crippen LogP contribution is 2.21. The highest BCUT2D eigenvalue weighted by atomic mass is 32.2. The number of carbonyl (C=O) groups is 1. The average Bonchev–Trinajstić information content (AvgIpc) is 2.46. The topological polar surface area (TPSA) is 70.8 Å². The fraction of sp³-hybridized carbons (Fsp3) is 0.571. The summed E-state index contributed by atoms with van der Waals surface area (Å²) < 4.78 is 1.68. The second-order valence-electron chi connectivity index (χ2n) is 2.56. The first-order valence-electron chi connectivity index (χ1n) is 3.86. The molecule has 0 aliphatic carbocycles. The fourth-order valence-corrected chi connectivity index (χ4v) is 1.63. The first-order chi connectivity index (χ1) is 6.15. The number of aromatic nitrogens is 3. The predicted molar refractivity (Wildman–Crippen MR) is 45.9 cm³/mol. The van der Waals surface area contributed by atoms with Gasteiger partial charge in [-0.2, -0.15) is 0 Å². The maximum absolute atomic E-state index is 10.6. The summed E-state index contributed by atoms with van der Waals surface area (Å²) in [5.74, 6) is -1.06. The van der Waals surface area contributed by atoms with Crippen LogP contribution in [0.15, 0.2) is 11.5 Å². The number of thioether (sulfide) groups is 1. The van der Waals surface area contributed by atoms with Crippen molar-refractivity contribution in [2.45, 2.75) is 23.8 Å². The molecule has 5 nitrogen and oxygen atoms in total. The molecule has 0 aliphatic heterocycles. The number of hydrogen-bond acceptors (Lipinski definition) is 5. The summed E-state index contributed by atoms with van der Waals surface area (Å²) in [7, 11) is 1.77. The van der Waals surface area contributed by atoms with E-state index in [1.807, 2.05) is 0 Å². The third kappa shape index (κ3) is 2.45. The second-order valence-corrected chi connectivity index (χ2v) is 3.73. The van der Waals surface area contributed by atoms with Crippen LogP contribution in [0.2, 0.25) is 0 Å². The molecule has 72 valence electrons. The molecule has 1 rings (SSSR count). The van der Waals surface area contributed by atoms with E-state index in [0.29, 0.717) is 11.6 Å². The summed E-state index contributed by atoms with van der Waals surface area (Å²) in [6.07, 6.45) is 2.05. The molecule has 0 N–H and O–H groups in total. The smallest absolute Gasteiger partial charge is 0.191 e. The largest absolute Gasteiger partial charge is 0.549 e. The van der Waals surface area contributed by atoms with Crippen LogP contribution >= 0.6 is 11.8 Å². The second kappa shape index (κ2) is 4.27. The van der Waals surface area contributed by atoms with Crippen LogP contribution in [0.1, 0.15) is 13.3 Å². The van der Waals surface area contributed by atoms with Gasteiger partial charge >= 0.3 is 0 Å². The van der Waals surface area contributed by atoms with Crippen LogP contribution in [-0.2, 0) is 11.8 Å². The Hall–Kier alpha value is -1.04. The first kappa shape index (κ1) is 10.0.